The smallest absolute Gasteiger partial charge is 0.268 e. The van der Waals surface area contributed by atoms with Crippen LogP contribution in [0, 0.1) is 0 Å². The molecule has 5 nitrogen and oxygen atoms in total. The van der Waals surface area contributed by atoms with Gasteiger partial charge >= 0.3 is 0 Å². The number of hydrogen-bond acceptors (Lipinski definition) is 4. The fraction of sp³-hybridized carbons (Fsp3) is 0.143. The molecule has 0 aromatic heterocycles. The third kappa shape index (κ3) is 2.89. The summed E-state index contributed by atoms with van der Waals surface area (Å²) < 4.78 is 0. The molecule has 0 bridgehead atoms. The lowest BCUT2D eigenvalue weighted by atomic mass is 10.0. The van der Waals surface area contributed by atoms with Crippen LogP contribution in [-0.4, -0.2) is 28.4 Å². The Morgan fingerprint density at radius 2 is 2.05 bits per heavy atom. The van der Waals surface area contributed by atoms with Crippen LogP contribution in [0.15, 0.2) is 41.5 Å². The molecule has 5 heteroatoms. The molecule has 19 heavy (non-hydrogen) atoms. The van der Waals surface area contributed by atoms with Crippen molar-refractivity contribution in [1.29, 1.82) is 0 Å². The fourth-order valence-electron chi connectivity index (χ4n) is 1.67. The largest absolute Gasteiger partial charge is 0.507 e. The van der Waals surface area contributed by atoms with Crippen molar-refractivity contribution in [2.75, 3.05) is 0 Å². The number of aromatic hydroxyl groups is 1. The van der Waals surface area contributed by atoms with Crippen molar-refractivity contribution in [2.45, 2.75) is 13.0 Å². The van der Waals surface area contributed by atoms with Crippen molar-refractivity contribution >= 4 is 22.9 Å². The molecule has 0 aliphatic carbocycles. The molecule has 2 rings (SSSR count). The van der Waals surface area contributed by atoms with Crippen LogP contribution in [0.1, 0.15) is 12.5 Å². The van der Waals surface area contributed by atoms with Crippen molar-refractivity contribution in [1.82, 2.24) is 5.43 Å². The Kier molecular flexibility index (Phi) is 3.77. The second-order valence-corrected chi connectivity index (χ2v) is 4.13. The molecule has 0 heterocycles. The molecule has 0 fully saturated rings. The summed E-state index contributed by atoms with van der Waals surface area (Å²) in [5.41, 5.74) is 2.71. The molecule has 2 aromatic rings. The van der Waals surface area contributed by atoms with Gasteiger partial charge in [0.1, 0.15) is 11.9 Å². The van der Waals surface area contributed by atoms with Gasteiger partial charge in [-0.3, -0.25) is 4.79 Å². The highest BCUT2D eigenvalue weighted by atomic mass is 16.3. The van der Waals surface area contributed by atoms with Crippen LogP contribution in [0.2, 0.25) is 0 Å². The number of rotatable bonds is 3. The number of nitrogens with one attached hydrogen (secondary N) is 1. The Morgan fingerprint density at radius 1 is 1.32 bits per heavy atom. The van der Waals surface area contributed by atoms with Gasteiger partial charge in [0.2, 0.25) is 0 Å². The molecule has 0 aliphatic heterocycles. The lowest BCUT2D eigenvalue weighted by Crippen LogP contribution is -2.28. The molecular weight excluding hydrogens is 244 g/mol. The van der Waals surface area contributed by atoms with Gasteiger partial charge in [-0.25, -0.2) is 5.43 Å². The van der Waals surface area contributed by atoms with Gasteiger partial charge in [0.25, 0.3) is 5.91 Å². The summed E-state index contributed by atoms with van der Waals surface area (Å²) in [5, 5.41) is 24.4. The Morgan fingerprint density at radius 3 is 2.79 bits per heavy atom. The SMILES string of the molecule is C[C@H](O)C(=O)N/N=C\c1c(O)ccc2ccccc12. The normalized spacial score (nSPS) is 12.7. The van der Waals surface area contributed by atoms with E-state index in [0.29, 0.717) is 5.56 Å². The van der Waals surface area contributed by atoms with Crippen molar-refractivity contribution in [3.05, 3.63) is 42.0 Å². The van der Waals surface area contributed by atoms with E-state index in [9.17, 15) is 9.90 Å². The highest BCUT2D eigenvalue weighted by molar-refractivity contribution is 6.02. The molecule has 0 spiro atoms. The predicted molar refractivity (Wildman–Crippen MR) is 73.0 cm³/mol. The monoisotopic (exact) mass is 258 g/mol. The summed E-state index contributed by atoms with van der Waals surface area (Å²) >= 11 is 0. The summed E-state index contributed by atoms with van der Waals surface area (Å²) in [6.07, 6.45) is 0.232. The van der Waals surface area contributed by atoms with Crippen molar-refractivity contribution in [3.8, 4) is 5.75 Å². The molecule has 0 saturated carbocycles. The fourth-order valence-corrected chi connectivity index (χ4v) is 1.67. The second kappa shape index (κ2) is 5.49. The highest BCUT2D eigenvalue weighted by Gasteiger charge is 2.07. The zero-order valence-electron chi connectivity index (χ0n) is 10.4. The third-order valence-electron chi connectivity index (χ3n) is 2.70. The molecule has 0 radical (unpaired) electrons. The maximum atomic E-state index is 11.1. The predicted octanol–water partition coefficient (Wildman–Crippen LogP) is 1.38. The van der Waals surface area contributed by atoms with Crippen LogP contribution < -0.4 is 5.43 Å². The van der Waals surface area contributed by atoms with Gasteiger partial charge in [0.05, 0.1) is 6.21 Å². The van der Waals surface area contributed by atoms with Crippen LogP contribution >= 0.6 is 0 Å². The molecule has 0 unspecified atom stereocenters. The number of nitrogens with zero attached hydrogens (tertiary/aromatic N) is 1. The average Bonchev–Trinajstić information content (AvgIpc) is 2.41. The molecule has 98 valence electrons. The van der Waals surface area contributed by atoms with Crippen molar-refractivity contribution in [3.63, 3.8) is 0 Å². The third-order valence-corrected chi connectivity index (χ3v) is 2.70. The van der Waals surface area contributed by atoms with Gasteiger partial charge in [0, 0.05) is 5.56 Å². The summed E-state index contributed by atoms with van der Waals surface area (Å²) in [6, 6.07) is 10.9. The van der Waals surface area contributed by atoms with Crippen molar-refractivity contribution in [2.24, 2.45) is 5.10 Å². The number of aliphatic hydroxyl groups excluding tert-OH is 1. The van der Waals surface area contributed by atoms with Crippen molar-refractivity contribution < 1.29 is 15.0 Å². The number of phenols is 1. The Labute approximate surface area is 110 Å². The maximum Gasteiger partial charge on any atom is 0.268 e. The van der Waals surface area contributed by atoms with Crippen LogP contribution in [0.4, 0.5) is 0 Å². The van der Waals surface area contributed by atoms with E-state index < -0.39 is 12.0 Å². The van der Waals surface area contributed by atoms with Crippen LogP contribution in [0.3, 0.4) is 0 Å². The molecule has 1 amide bonds. The van der Waals surface area contributed by atoms with Crippen LogP contribution in [0.25, 0.3) is 10.8 Å². The first-order chi connectivity index (χ1) is 9.09. The first-order valence-electron chi connectivity index (χ1n) is 5.81. The zero-order valence-corrected chi connectivity index (χ0v) is 10.4. The number of hydrazone groups is 1. The van der Waals surface area contributed by atoms with Gasteiger partial charge in [0.15, 0.2) is 0 Å². The van der Waals surface area contributed by atoms with E-state index in [1.165, 1.54) is 13.1 Å². The minimum atomic E-state index is -1.13. The quantitative estimate of drug-likeness (QED) is 0.574. The molecule has 2 aromatic carbocycles. The van der Waals surface area contributed by atoms with E-state index in [1.54, 1.807) is 12.1 Å². The summed E-state index contributed by atoms with van der Waals surface area (Å²) in [5.74, 6) is -0.523. The summed E-state index contributed by atoms with van der Waals surface area (Å²) in [7, 11) is 0. The van der Waals surface area contributed by atoms with Gasteiger partial charge in [-0.05, 0) is 23.8 Å². The van der Waals surface area contributed by atoms with E-state index >= 15 is 0 Å². The molecular formula is C14H14N2O3. The maximum absolute atomic E-state index is 11.1. The molecule has 1 atom stereocenters. The lowest BCUT2D eigenvalue weighted by Gasteiger charge is -2.05. The molecule has 3 N–H and O–H groups in total. The Balaban J connectivity index is 2.32. The van der Waals surface area contributed by atoms with E-state index in [-0.39, 0.29) is 5.75 Å². The standard InChI is InChI=1S/C14H14N2O3/c1-9(17)14(19)16-15-8-12-11-5-3-2-4-10(11)6-7-13(12)18/h2-9,17-18H,1H3,(H,16,19)/b15-8-/t9-/m0/s1. The number of phenolic OH excluding ortho intramolecular Hbond substituents is 1. The minimum absolute atomic E-state index is 0.0775. The number of carbonyl (C=O) groups is 1. The lowest BCUT2D eigenvalue weighted by molar-refractivity contribution is -0.128. The van der Waals surface area contributed by atoms with Gasteiger partial charge in [-0.2, -0.15) is 5.10 Å². The van der Waals surface area contributed by atoms with E-state index in [2.05, 4.69) is 10.5 Å². The highest BCUT2D eigenvalue weighted by Crippen LogP contribution is 2.25. The number of hydrogen-bond donors (Lipinski definition) is 3. The van der Waals surface area contributed by atoms with Gasteiger partial charge < -0.3 is 10.2 Å². The minimum Gasteiger partial charge on any atom is -0.507 e. The van der Waals surface area contributed by atoms with E-state index in [4.69, 9.17) is 5.11 Å². The van der Waals surface area contributed by atoms with Crippen LogP contribution in [-0.2, 0) is 4.79 Å². The number of aliphatic hydroxyl groups is 1. The zero-order chi connectivity index (χ0) is 13.8. The Bertz CT molecular complexity index is 636. The number of fused-ring (bicyclic) bond motifs is 1. The number of carbonyl (C=O) groups excluding carboxylic acids is 1. The van der Waals surface area contributed by atoms with E-state index in [1.807, 2.05) is 24.3 Å². The number of amides is 1. The molecule has 0 aliphatic rings. The number of benzene rings is 2. The van der Waals surface area contributed by atoms with Crippen LogP contribution in [0.5, 0.6) is 5.75 Å². The summed E-state index contributed by atoms with van der Waals surface area (Å²) in [4.78, 5) is 11.1. The van der Waals surface area contributed by atoms with E-state index in [0.717, 1.165) is 10.8 Å². The molecule has 0 saturated heterocycles. The summed E-state index contributed by atoms with van der Waals surface area (Å²) in [6.45, 7) is 1.35. The average molecular weight is 258 g/mol. The van der Waals surface area contributed by atoms with Gasteiger partial charge in [-0.15, -0.1) is 0 Å². The second-order valence-electron chi connectivity index (χ2n) is 4.13. The topological polar surface area (TPSA) is 81.9 Å². The first-order valence-corrected chi connectivity index (χ1v) is 5.81. The first kappa shape index (κ1) is 13.0. The van der Waals surface area contributed by atoms with Gasteiger partial charge in [-0.1, -0.05) is 30.3 Å². The Hall–Kier alpha value is -2.40.